The van der Waals surface area contributed by atoms with Crippen molar-refractivity contribution in [1.82, 2.24) is 20.0 Å². The molecule has 2 atom stereocenters. The third kappa shape index (κ3) is 3.89. The number of rotatable bonds is 8. The predicted molar refractivity (Wildman–Crippen MR) is 95.2 cm³/mol. The summed E-state index contributed by atoms with van der Waals surface area (Å²) in [7, 11) is 5.80. The average molecular weight is 337 g/mol. The highest BCUT2D eigenvalue weighted by molar-refractivity contribution is 5.89. The van der Waals surface area contributed by atoms with Crippen LogP contribution in [0.15, 0.2) is 12.4 Å². The number of anilines is 1. The van der Waals surface area contributed by atoms with Gasteiger partial charge in [0.25, 0.3) is 0 Å². The number of amides is 2. The summed E-state index contributed by atoms with van der Waals surface area (Å²) in [5, 5.41) is 10.3. The van der Waals surface area contributed by atoms with Gasteiger partial charge in [0.15, 0.2) is 0 Å². The molecule has 1 aromatic heterocycles. The minimum atomic E-state index is -0.173. The molecule has 1 aliphatic rings. The van der Waals surface area contributed by atoms with Crippen LogP contribution in [0.25, 0.3) is 0 Å². The van der Waals surface area contributed by atoms with Gasteiger partial charge in [-0.05, 0) is 33.4 Å². The van der Waals surface area contributed by atoms with Gasteiger partial charge in [-0.3, -0.25) is 4.68 Å². The van der Waals surface area contributed by atoms with Crippen LogP contribution in [0.2, 0.25) is 0 Å². The molecular weight excluding hydrogens is 306 g/mol. The van der Waals surface area contributed by atoms with Gasteiger partial charge < -0.3 is 20.3 Å². The molecule has 2 rings (SSSR count). The van der Waals surface area contributed by atoms with Crippen LogP contribution in [0, 0.1) is 5.41 Å². The number of aromatic nitrogens is 2. The number of hydrogen-bond acceptors (Lipinski definition) is 4. The molecule has 24 heavy (non-hydrogen) atoms. The molecule has 0 bridgehead atoms. The lowest BCUT2D eigenvalue weighted by Gasteiger charge is -2.54. The lowest BCUT2D eigenvalue weighted by atomic mass is 9.58. The van der Waals surface area contributed by atoms with Crippen molar-refractivity contribution in [1.29, 1.82) is 0 Å². The van der Waals surface area contributed by atoms with Gasteiger partial charge in [0, 0.05) is 31.3 Å². The van der Waals surface area contributed by atoms with E-state index >= 15 is 0 Å². The van der Waals surface area contributed by atoms with Crippen LogP contribution in [0.1, 0.15) is 33.1 Å². The fourth-order valence-electron chi connectivity index (χ4n) is 3.66. The molecule has 7 heteroatoms. The normalized spacial score (nSPS) is 22.2. The van der Waals surface area contributed by atoms with Crippen molar-refractivity contribution in [2.75, 3.05) is 33.1 Å². The van der Waals surface area contributed by atoms with Gasteiger partial charge in [-0.2, -0.15) is 5.10 Å². The van der Waals surface area contributed by atoms with Crippen LogP contribution in [-0.4, -0.2) is 60.6 Å². The van der Waals surface area contributed by atoms with Gasteiger partial charge >= 0.3 is 6.03 Å². The van der Waals surface area contributed by atoms with Crippen LogP contribution in [-0.2, 0) is 11.3 Å². The van der Waals surface area contributed by atoms with Gasteiger partial charge in [-0.25, -0.2) is 4.79 Å². The fourth-order valence-corrected chi connectivity index (χ4v) is 3.66. The molecule has 0 unspecified atom stereocenters. The summed E-state index contributed by atoms with van der Waals surface area (Å²) >= 11 is 0. The molecule has 0 aliphatic heterocycles. The van der Waals surface area contributed by atoms with E-state index in [4.69, 9.17) is 4.74 Å². The van der Waals surface area contributed by atoms with E-state index in [1.807, 2.05) is 25.0 Å². The maximum atomic E-state index is 12.3. The van der Waals surface area contributed by atoms with Crippen LogP contribution < -0.4 is 10.6 Å². The Balaban J connectivity index is 1.87. The van der Waals surface area contributed by atoms with E-state index in [2.05, 4.69) is 34.5 Å². The Morgan fingerprint density at radius 1 is 1.46 bits per heavy atom. The molecule has 2 amide bonds. The smallest absolute Gasteiger partial charge is 0.319 e. The monoisotopic (exact) mass is 337 g/mol. The van der Waals surface area contributed by atoms with Crippen molar-refractivity contribution in [3.8, 4) is 0 Å². The highest BCUT2D eigenvalue weighted by Crippen LogP contribution is 2.48. The zero-order valence-corrected chi connectivity index (χ0v) is 15.5. The van der Waals surface area contributed by atoms with E-state index in [0.29, 0.717) is 5.69 Å². The number of nitrogens with zero attached hydrogens (tertiary/aromatic N) is 3. The standard InChI is InChI=1S/C17H31N5O2/c1-6-17(7-2)14(10-15(17)24-5)20-16(23)19-13-11-18-22(12-13)9-8-21(3)4/h11-12,14-15H,6-10H2,1-5H3,(H2,19,20,23)/t14-,15+/m0/s1. The van der Waals surface area contributed by atoms with Crippen LogP contribution >= 0.6 is 0 Å². The summed E-state index contributed by atoms with van der Waals surface area (Å²) in [6, 6.07) is -0.0192. The minimum Gasteiger partial charge on any atom is -0.381 e. The second kappa shape index (κ2) is 7.98. The number of likely N-dealkylation sites (N-methyl/N-ethyl adjacent to an activating group) is 1. The summed E-state index contributed by atoms with van der Waals surface area (Å²) < 4.78 is 7.41. The molecule has 0 radical (unpaired) electrons. The second-order valence-corrected chi connectivity index (χ2v) is 6.85. The van der Waals surface area contributed by atoms with Crippen molar-refractivity contribution < 1.29 is 9.53 Å². The molecule has 1 saturated carbocycles. The largest absolute Gasteiger partial charge is 0.381 e. The first-order valence-electron chi connectivity index (χ1n) is 8.72. The molecule has 1 heterocycles. The number of urea groups is 1. The molecular formula is C17H31N5O2. The first-order valence-corrected chi connectivity index (χ1v) is 8.72. The van der Waals surface area contributed by atoms with E-state index in [1.165, 1.54) is 0 Å². The Kier molecular flexibility index (Phi) is 6.23. The van der Waals surface area contributed by atoms with Gasteiger partial charge in [0.2, 0.25) is 0 Å². The Labute approximate surface area is 144 Å². The summed E-state index contributed by atoms with van der Waals surface area (Å²) in [4.78, 5) is 14.4. The average Bonchev–Trinajstić information content (AvgIpc) is 2.98. The van der Waals surface area contributed by atoms with Crippen molar-refractivity contribution in [3.05, 3.63) is 12.4 Å². The van der Waals surface area contributed by atoms with Crippen molar-refractivity contribution in [2.45, 2.75) is 51.8 Å². The predicted octanol–water partition coefficient (Wildman–Crippen LogP) is 2.16. The lowest BCUT2D eigenvalue weighted by molar-refractivity contribution is -0.119. The first-order chi connectivity index (χ1) is 11.4. The summed E-state index contributed by atoms with van der Waals surface area (Å²) in [5.41, 5.74) is 0.759. The molecule has 2 N–H and O–H groups in total. The third-order valence-electron chi connectivity index (χ3n) is 5.36. The van der Waals surface area contributed by atoms with Crippen molar-refractivity contribution in [2.24, 2.45) is 5.41 Å². The Morgan fingerprint density at radius 3 is 2.75 bits per heavy atom. The van der Waals surface area contributed by atoms with Gasteiger partial charge in [-0.15, -0.1) is 0 Å². The zero-order valence-electron chi connectivity index (χ0n) is 15.5. The second-order valence-electron chi connectivity index (χ2n) is 6.85. The quantitative estimate of drug-likeness (QED) is 0.762. The number of hydrogen-bond donors (Lipinski definition) is 2. The molecule has 0 spiro atoms. The Morgan fingerprint density at radius 2 is 2.17 bits per heavy atom. The van der Waals surface area contributed by atoms with E-state index in [1.54, 1.807) is 13.3 Å². The lowest BCUT2D eigenvalue weighted by Crippen LogP contribution is -2.64. The minimum absolute atomic E-state index is 0.0436. The van der Waals surface area contributed by atoms with E-state index in [-0.39, 0.29) is 23.6 Å². The van der Waals surface area contributed by atoms with E-state index < -0.39 is 0 Å². The van der Waals surface area contributed by atoms with Gasteiger partial charge in [-0.1, -0.05) is 13.8 Å². The molecule has 1 fully saturated rings. The number of nitrogens with one attached hydrogen (secondary N) is 2. The number of carbonyl (C=O) groups is 1. The molecule has 7 nitrogen and oxygen atoms in total. The van der Waals surface area contributed by atoms with Crippen molar-refractivity contribution in [3.63, 3.8) is 0 Å². The number of carbonyl (C=O) groups excluding carboxylic acids is 1. The fraction of sp³-hybridized carbons (Fsp3) is 0.765. The molecule has 136 valence electrons. The topological polar surface area (TPSA) is 71.4 Å². The van der Waals surface area contributed by atoms with Crippen LogP contribution in [0.4, 0.5) is 10.5 Å². The number of methoxy groups -OCH3 is 1. The number of ether oxygens (including phenoxy) is 1. The third-order valence-corrected chi connectivity index (χ3v) is 5.36. The highest BCUT2D eigenvalue weighted by Gasteiger charge is 2.53. The summed E-state index contributed by atoms with van der Waals surface area (Å²) in [6.07, 6.45) is 6.63. The van der Waals surface area contributed by atoms with Gasteiger partial charge in [0.05, 0.1) is 24.5 Å². The van der Waals surface area contributed by atoms with Crippen LogP contribution in [0.5, 0.6) is 0 Å². The molecule has 0 saturated heterocycles. The zero-order chi connectivity index (χ0) is 17.7. The van der Waals surface area contributed by atoms with E-state index in [0.717, 1.165) is 32.4 Å². The maximum Gasteiger partial charge on any atom is 0.319 e. The first kappa shape index (κ1) is 18.7. The summed E-state index contributed by atoms with van der Waals surface area (Å²) in [6.45, 7) is 6.03. The molecule has 0 aromatic carbocycles. The maximum absolute atomic E-state index is 12.3. The van der Waals surface area contributed by atoms with Gasteiger partial charge in [0.1, 0.15) is 0 Å². The SMILES string of the molecule is CCC1(CC)[C@@H](NC(=O)Nc2cnn(CCN(C)C)c2)C[C@H]1OC. The van der Waals surface area contributed by atoms with E-state index in [9.17, 15) is 4.79 Å². The van der Waals surface area contributed by atoms with Crippen LogP contribution in [0.3, 0.4) is 0 Å². The summed E-state index contributed by atoms with van der Waals surface area (Å²) in [5.74, 6) is 0. The molecule has 1 aliphatic carbocycles. The highest BCUT2D eigenvalue weighted by atomic mass is 16.5. The van der Waals surface area contributed by atoms with Crippen molar-refractivity contribution >= 4 is 11.7 Å². The Hall–Kier alpha value is -1.60. The molecule has 1 aromatic rings. The Bertz CT molecular complexity index is 539.